The van der Waals surface area contributed by atoms with Gasteiger partial charge in [-0.15, -0.1) is 0 Å². The van der Waals surface area contributed by atoms with Gasteiger partial charge >= 0.3 is 5.97 Å². The molecule has 2 rings (SSSR count). The molecule has 1 aliphatic rings. The lowest BCUT2D eigenvalue weighted by Crippen LogP contribution is -2.61. The molecule has 0 bridgehead atoms. The minimum absolute atomic E-state index is 0.0947. The third-order valence-electron chi connectivity index (χ3n) is 5.58. The zero-order valence-corrected chi connectivity index (χ0v) is 19.8. The van der Waals surface area contributed by atoms with Gasteiger partial charge in [0, 0.05) is 13.3 Å². The van der Waals surface area contributed by atoms with Crippen molar-refractivity contribution >= 4 is 34.7 Å². The summed E-state index contributed by atoms with van der Waals surface area (Å²) in [6.07, 6.45) is 2.61. The number of carbonyl (C=O) groups excluding carboxylic acids is 4. The molecule has 0 radical (unpaired) electrons. The van der Waals surface area contributed by atoms with E-state index in [1.807, 2.05) is 13.8 Å². The lowest BCUT2D eigenvalue weighted by molar-refractivity contribution is -0.146. The van der Waals surface area contributed by atoms with E-state index >= 15 is 0 Å². The Bertz CT molecular complexity index is 833. The number of aromatic hydroxyl groups is 1. The van der Waals surface area contributed by atoms with Crippen LogP contribution >= 0.6 is 11.8 Å². The normalized spacial score (nSPS) is 16.8. The molecule has 176 valence electrons. The summed E-state index contributed by atoms with van der Waals surface area (Å²) < 4.78 is 4.87. The van der Waals surface area contributed by atoms with E-state index in [1.165, 1.54) is 26.2 Å². The quantitative estimate of drug-likeness (QED) is 0.480. The second kappa shape index (κ2) is 11.4. The number of ether oxygens (including phenoxy) is 1. The molecule has 2 atom stereocenters. The minimum Gasteiger partial charge on any atom is -0.508 e. The summed E-state index contributed by atoms with van der Waals surface area (Å²) in [5, 5.41) is 14.4. The third kappa shape index (κ3) is 6.72. The Kier molecular flexibility index (Phi) is 9.12. The minimum atomic E-state index is -1.14. The molecule has 1 aromatic rings. The first-order chi connectivity index (χ1) is 15.1. The van der Waals surface area contributed by atoms with E-state index in [-0.39, 0.29) is 29.1 Å². The fourth-order valence-corrected chi connectivity index (χ4v) is 4.66. The Morgan fingerprint density at radius 3 is 2.22 bits per heavy atom. The molecule has 2 amide bonds. The summed E-state index contributed by atoms with van der Waals surface area (Å²) in [6, 6.07) is 5.39. The average molecular weight is 465 g/mol. The number of phenolic OH excluding ortho intramolecular Hbond substituents is 1. The van der Waals surface area contributed by atoms with Crippen molar-refractivity contribution in [1.29, 1.82) is 0 Å². The van der Waals surface area contributed by atoms with E-state index in [1.54, 1.807) is 12.1 Å². The maximum Gasteiger partial charge on any atom is 0.328 e. The largest absolute Gasteiger partial charge is 0.508 e. The molecule has 32 heavy (non-hydrogen) atoms. The number of nitrogens with one attached hydrogen (secondary N) is 2. The van der Waals surface area contributed by atoms with Gasteiger partial charge in [-0.2, -0.15) is 0 Å². The second-order valence-corrected chi connectivity index (χ2v) is 9.79. The highest BCUT2D eigenvalue weighted by Crippen LogP contribution is 2.32. The van der Waals surface area contributed by atoms with E-state index in [9.17, 15) is 24.3 Å². The van der Waals surface area contributed by atoms with Crippen LogP contribution in [0.2, 0.25) is 0 Å². The monoisotopic (exact) mass is 464 g/mol. The molecule has 0 saturated heterocycles. The molecule has 8 nitrogen and oxygen atoms in total. The summed E-state index contributed by atoms with van der Waals surface area (Å²) in [4.78, 5) is 50.3. The fraction of sp³-hybridized carbons (Fsp3) is 0.565. The third-order valence-corrected chi connectivity index (χ3v) is 6.92. The number of thioether (sulfide) groups is 1. The van der Waals surface area contributed by atoms with Gasteiger partial charge in [-0.1, -0.05) is 50.6 Å². The van der Waals surface area contributed by atoms with Crippen LogP contribution in [0, 0.1) is 5.92 Å². The number of benzene rings is 1. The topological polar surface area (TPSA) is 122 Å². The molecule has 1 aliphatic carbocycles. The van der Waals surface area contributed by atoms with Gasteiger partial charge in [0.2, 0.25) is 11.8 Å². The van der Waals surface area contributed by atoms with E-state index < -0.39 is 28.7 Å². The first kappa shape index (κ1) is 25.7. The molecule has 0 heterocycles. The Balaban J connectivity index is 2.20. The number of amides is 2. The number of hydrogen-bond acceptors (Lipinski definition) is 7. The average Bonchev–Trinajstić information content (AvgIpc) is 3.21. The van der Waals surface area contributed by atoms with Gasteiger partial charge in [-0.3, -0.25) is 14.4 Å². The van der Waals surface area contributed by atoms with Gasteiger partial charge in [-0.05, 0) is 36.5 Å². The van der Waals surface area contributed by atoms with Crippen LogP contribution < -0.4 is 10.6 Å². The molecule has 0 unspecified atom stereocenters. The maximum atomic E-state index is 13.3. The number of esters is 1. The first-order valence-electron chi connectivity index (χ1n) is 10.7. The van der Waals surface area contributed by atoms with Crippen molar-refractivity contribution in [1.82, 2.24) is 10.6 Å². The van der Waals surface area contributed by atoms with Crippen LogP contribution in [0.3, 0.4) is 0 Å². The molecule has 9 heteroatoms. The van der Waals surface area contributed by atoms with E-state index in [0.29, 0.717) is 12.8 Å². The molecule has 0 spiro atoms. The van der Waals surface area contributed by atoms with E-state index in [0.717, 1.165) is 30.2 Å². The summed E-state index contributed by atoms with van der Waals surface area (Å²) >= 11 is 0.958. The SMILES string of the molecule is COC(=O)[C@H](Cc1ccc(O)cc1)NC(=O)C1(NC(=O)[C@@H](SC(C)=O)C(C)C)CCCC1. The number of phenols is 1. The highest BCUT2D eigenvalue weighted by atomic mass is 32.2. The molecule has 1 saturated carbocycles. The number of methoxy groups -OCH3 is 1. The van der Waals surface area contributed by atoms with Crippen LogP contribution in [0.4, 0.5) is 0 Å². The van der Waals surface area contributed by atoms with Crippen LogP contribution in [0.25, 0.3) is 0 Å². The lowest BCUT2D eigenvalue weighted by atomic mass is 9.94. The van der Waals surface area contributed by atoms with Gasteiger partial charge in [-0.25, -0.2) is 4.79 Å². The predicted octanol–water partition coefficient (Wildman–Crippen LogP) is 2.33. The summed E-state index contributed by atoms with van der Waals surface area (Å²) in [5.74, 6) is -1.39. The van der Waals surface area contributed by atoms with Gasteiger partial charge in [0.05, 0.1) is 12.4 Å². The van der Waals surface area contributed by atoms with Crippen molar-refractivity contribution < 1.29 is 29.0 Å². The maximum absolute atomic E-state index is 13.3. The molecule has 0 aliphatic heterocycles. The number of hydrogen-bond donors (Lipinski definition) is 3. The second-order valence-electron chi connectivity index (χ2n) is 8.47. The van der Waals surface area contributed by atoms with Crippen molar-refractivity contribution in [3.63, 3.8) is 0 Å². The number of carbonyl (C=O) groups is 4. The Morgan fingerprint density at radius 1 is 1.12 bits per heavy atom. The van der Waals surface area contributed by atoms with Gasteiger partial charge in [0.1, 0.15) is 17.3 Å². The highest BCUT2D eigenvalue weighted by Gasteiger charge is 2.45. The van der Waals surface area contributed by atoms with E-state index in [4.69, 9.17) is 4.74 Å². The zero-order chi connectivity index (χ0) is 23.9. The van der Waals surface area contributed by atoms with Crippen LogP contribution in [-0.2, 0) is 30.3 Å². The number of rotatable bonds is 9. The van der Waals surface area contributed by atoms with Crippen LogP contribution in [0.5, 0.6) is 5.75 Å². The van der Waals surface area contributed by atoms with Crippen molar-refractivity contribution in [3.05, 3.63) is 29.8 Å². The highest BCUT2D eigenvalue weighted by molar-refractivity contribution is 8.14. The zero-order valence-electron chi connectivity index (χ0n) is 19.0. The lowest BCUT2D eigenvalue weighted by Gasteiger charge is -2.32. The van der Waals surface area contributed by atoms with Crippen molar-refractivity contribution in [3.8, 4) is 5.75 Å². The van der Waals surface area contributed by atoms with Crippen molar-refractivity contribution in [2.75, 3.05) is 7.11 Å². The van der Waals surface area contributed by atoms with Crippen LogP contribution in [0.1, 0.15) is 52.0 Å². The molecular formula is C23H32N2O6S. The van der Waals surface area contributed by atoms with Crippen LogP contribution in [-0.4, -0.2) is 51.9 Å². The standard InChI is InChI=1S/C23H32N2O6S/c1-14(2)19(32-15(3)26)20(28)25-23(11-5-6-12-23)22(30)24-18(21(29)31-4)13-16-7-9-17(27)10-8-16/h7-10,14,18-19,27H,5-6,11-13H2,1-4H3,(H,24,30)(H,25,28)/t18-,19-/m0/s1. The van der Waals surface area contributed by atoms with E-state index in [2.05, 4.69) is 10.6 Å². The summed E-state index contributed by atoms with van der Waals surface area (Å²) in [5.41, 5.74) is -0.399. The Labute approximate surface area is 192 Å². The van der Waals surface area contributed by atoms with Gasteiger partial charge in [0.25, 0.3) is 0 Å². The predicted molar refractivity (Wildman–Crippen MR) is 122 cm³/mol. The molecular weight excluding hydrogens is 432 g/mol. The van der Waals surface area contributed by atoms with Crippen molar-refractivity contribution in [2.45, 2.75) is 69.7 Å². The fourth-order valence-electron chi connectivity index (χ4n) is 3.87. The Hall–Kier alpha value is -2.55. The van der Waals surface area contributed by atoms with Crippen LogP contribution in [0.15, 0.2) is 24.3 Å². The molecule has 1 fully saturated rings. The molecule has 1 aromatic carbocycles. The molecule has 0 aromatic heterocycles. The summed E-state index contributed by atoms with van der Waals surface area (Å²) in [7, 11) is 1.25. The van der Waals surface area contributed by atoms with Crippen molar-refractivity contribution in [2.24, 2.45) is 5.92 Å². The molecule has 3 N–H and O–H groups in total. The summed E-state index contributed by atoms with van der Waals surface area (Å²) in [6.45, 7) is 5.12. The van der Waals surface area contributed by atoms with Gasteiger partial charge < -0.3 is 20.5 Å². The first-order valence-corrected chi connectivity index (χ1v) is 11.6. The van der Waals surface area contributed by atoms with Gasteiger partial charge in [0.15, 0.2) is 5.12 Å². The Morgan fingerprint density at radius 2 is 1.72 bits per heavy atom. The smallest absolute Gasteiger partial charge is 0.328 e.